The molecule has 0 spiro atoms. The van der Waals surface area contributed by atoms with Crippen molar-refractivity contribution in [3.8, 4) is 0 Å². The Kier molecular flexibility index (Phi) is 5.02. The Balaban J connectivity index is 1.66. The van der Waals surface area contributed by atoms with Gasteiger partial charge in [0.1, 0.15) is 5.76 Å². The van der Waals surface area contributed by atoms with E-state index in [0.717, 1.165) is 34.9 Å². The Bertz CT molecular complexity index is 765. The van der Waals surface area contributed by atoms with Crippen LogP contribution in [0.1, 0.15) is 23.4 Å². The number of benzene rings is 1. The zero-order chi connectivity index (χ0) is 17.8. The lowest BCUT2D eigenvalue weighted by atomic mass is 10.1. The van der Waals surface area contributed by atoms with Gasteiger partial charge in [0, 0.05) is 25.1 Å². The first kappa shape index (κ1) is 17.0. The van der Waals surface area contributed by atoms with Crippen LogP contribution >= 0.6 is 0 Å². The lowest BCUT2D eigenvalue weighted by molar-refractivity contribution is -0.120. The van der Waals surface area contributed by atoms with Crippen molar-refractivity contribution >= 4 is 23.2 Å². The summed E-state index contributed by atoms with van der Waals surface area (Å²) in [4.78, 5) is 26.0. The molecule has 1 aliphatic rings. The minimum Gasteiger partial charge on any atom is -0.361 e. The molecule has 1 aromatic carbocycles. The van der Waals surface area contributed by atoms with Gasteiger partial charge in [-0.15, -0.1) is 0 Å². The molecule has 7 nitrogen and oxygen atoms in total. The van der Waals surface area contributed by atoms with Gasteiger partial charge in [-0.1, -0.05) is 17.3 Å². The highest BCUT2D eigenvalue weighted by atomic mass is 16.5. The molecule has 1 saturated heterocycles. The molecule has 3 rings (SSSR count). The van der Waals surface area contributed by atoms with Crippen LogP contribution in [0, 0.1) is 13.8 Å². The second-order valence-electron chi connectivity index (χ2n) is 6.14. The third kappa shape index (κ3) is 3.99. The van der Waals surface area contributed by atoms with E-state index >= 15 is 0 Å². The van der Waals surface area contributed by atoms with Gasteiger partial charge in [-0.05, 0) is 32.4 Å². The summed E-state index contributed by atoms with van der Waals surface area (Å²) in [5.41, 5.74) is 3.39. The molecule has 1 aliphatic heterocycles. The van der Waals surface area contributed by atoms with Gasteiger partial charge in [-0.2, -0.15) is 0 Å². The van der Waals surface area contributed by atoms with Crippen molar-refractivity contribution in [2.24, 2.45) is 0 Å². The number of aryl methyl sites for hydroxylation is 2. The molecule has 132 valence electrons. The molecule has 0 radical (unpaired) electrons. The summed E-state index contributed by atoms with van der Waals surface area (Å²) >= 11 is 0. The van der Waals surface area contributed by atoms with E-state index in [2.05, 4.69) is 15.8 Å². The number of amides is 2. The van der Waals surface area contributed by atoms with Crippen LogP contribution in [0.4, 0.5) is 11.4 Å². The van der Waals surface area contributed by atoms with Crippen LogP contribution in [0.25, 0.3) is 0 Å². The van der Waals surface area contributed by atoms with E-state index in [1.165, 1.54) is 0 Å². The second-order valence-corrected chi connectivity index (χ2v) is 6.14. The molecule has 0 saturated carbocycles. The van der Waals surface area contributed by atoms with E-state index in [4.69, 9.17) is 4.52 Å². The van der Waals surface area contributed by atoms with Crippen molar-refractivity contribution in [1.82, 2.24) is 10.5 Å². The fourth-order valence-corrected chi connectivity index (χ4v) is 3.01. The summed E-state index contributed by atoms with van der Waals surface area (Å²) in [6.07, 6.45) is 0.930. The Morgan fingerprint density at radius 2 is 2.16 bits per heavy atom. The van der Waals surface area contributed by atoms with Crippen LogP contribution in [-0.4, -0.2) is 36.6 Å². The number of aromatic nitrogens is 1. The molecule has 1 aromatic heterocycles. The Labute approximate surface area is 146 Å². The molecule has 0 bridgehead atoms. The Hall–Kier alpha value is -2.83. The smallest absolute Gasteiger partial charge is 0.239 e. The second kappa shape index (κ2) is 7.38. The summed E-state index contributed by atoms with van der Waals surface area (Å²) in [6, 6.07) is 7.55. The molecule has 2 amide bonds. The van der Waals surface area contributed by atoms with Gasteiger partial charge in [0.15, 0.2) is 0 Å². The number of nitrogens with zero attached hydrogens (tertiary/aromatic N) is 2. The summed E-state index contributed by atoms with van der Waals surface area (Å²) in [5, 5.41) is 9.68. The third-order valence-corrected chi connectivity index (χ3v) is 4.34. The fourth-order valence-electron chi connectivity index (χ4n) is 3.01. The maximum atomic E-state index is 12.4. The summed E-state index contributed by atoms with van der Waals surface area (Å²) < 4.78 is 5.13. The predicted octanol–water partition coefficient (Wildman–Crippen LogP) is 1.80. The van der Waals surface area contributed by atoms with Gasteiger partial charge >= 0.3 is 0 Å². The van der Waals surface area contributed by atoms with Crippen molar-refractivity contribution in [2.75, 3.05) is 29.9 Å². The molecule has 0 unspecified atom stereocenters. The van der Waals surface area contributed by atoms with Crippen LogP contribution < -0.4 is 15.5 Å². The molecule has 2 aromatic rings. The van der Waals surface area contributed by atoms with E-state index in [0.29, 0.717) is 25.9 Å². The van der Waals surface area contributed by atoms with Gasteiger partial charge in [-0.3, -0.25) is 9.59 Å². The summed E-state index contributed by atoms with van der Waals surface area (Å²) in [7, 11) is 0. The number of nitrogens with one attached hydrogen (secondary N) is 2. The number of carbonyl (C=O) groups excluding carboxylic acids is 2. The molecule has 0 aliphatic carbocycles. The minimum absolute atomic E-state index is 0.00853. The third-order valence-electron chi connectivity index (χ3n) is 4.34. The molecule has 2 N–H and O–H groups in total. The SMILES string of the molecule is Cc1noc(C)c1CCC(=O)Nc1ccccc1N1CCNC(=O)C1. The van der Waals surface area contributed by atoms with Crippen molar-refractivity contribution in [3.63, 3.8) is 0 Å². The molecular weight excluding hydrogens is 320 g/mol. The zero-order valence-corrected chi connectivity index (χ0v) is 14.5. The standard InChI is InChI=1S/C18H22N4O3/c1-12-14(13(2)25-21-12)7-8-17(23)20-15-5-3-4-6-16(15)22-10-9-19-18(24)11-22/h3-6H,7-11H2,1-2H3,(H,19,24)(H,20,23). The monoisotopic (exact) mass is 342 g/mol. The molecule has 0 atom stereocenters. The van der Waals surface area contributed by atoms with Gasteiger partial charge in [0.2, 0.25) is 11.8 Å². The van der Waals surface area contributed by atoms with E-state index < -0.39 is 0 Å². The first-order chi connectivity index (χ1) is 12.0. The normalized spacial score (nSPS) is 14.3. The van der Waals surface area contributed by atoms with E-state index in [-0.39, 0.29) is 11.8 Å². The first-order valence-corrected chi connectivity index (χ1v) is 8.37. The topological polar surface area (TPSA) is 87.5 Å². The first-order valence-electron chi connectivity index (χ1n) is 8.37. The van der Waals surface area contributed by atoms with E-state index in [1.807, 2.05) is 43.0 Å². The van der Waals surface area contributed by atoms with Crippen LogP contribution in [-0.2, 0) is 16.0 Å². The van der Waals surface area contributed by atoms with Crippen molar-refractivity contribution in [1.29, 1.82) is 0 Å². The van der Waals surface area contributed by atoms with Gasteiger partial charge in [-0.25, -0.2) is 0 Å². The summed E-state index contributed by atoms with van der Waals surface area (Å²) in [6.45, 7) is 5.35. The number of rotatable bonds is 5. The molecule has 2 heterocycles. The van der Waals surface area contributed by atoms with Crippen molar-refractivity contribution in [3.05, 3.63) is 41.3 Å². The van der Waals surface area contributed by atoms with Crippen LogP contribution in [0.15, 0.2) is 28.8 Å². The molecule has 1 fully saturated rings. The van der Waals surface area contributed by atoms with Crippen LogP contribution in [0.5, 0.6) is 0 Å². The Morgan fingerprint density at radius 1 is 1.36 bits per heavy atom. The van der Waals surface area contributed by atoms with Crippen LogP contribution in [0.3, 0.4) is 0 Å². The van der Waals surface area contributed by atoms with Gasteiger partial charge < -0.3 is 20.1 Å². The average molecular weight is 342 g/mol. The number of para-hydroxylation sites is 2. The van der Waals surface area contributed by atoms with Gasteiger partial charge in [0.05, 0.1) is 23.6 Å². The number of piperazine rings is 1. The molecular formula is C18H22N4O3. The largest absolute Gasteiger partial charge is 0.361 e. The Morgan fingerprint density at radius 3 is 2.88 bits per heavy atom. The van der Waals surface area contributed by atoms with Crippen LogP contribution in [0.2, 0.25) is 0 Å². The van der Waals surface area contributed by atoms with E-state index in [9.17, 15) is 9.59 Å². The molecule has 25 heavy (non-hydrogen) atoms. The predicted molar refractivity (Wildman–Crippen MR) is 94.6 cm³/mol. The number of hydrogen-bond donors (Lipinski definition) is 2. The van der Waals surface area contributed by atoms with Crippen molar-refractivity contribution < 1.29 is 14.1 Å². The fraction of sp³-hybridized carbons (Fsp3) is 0.389. The highest BCUT2D eigenvalue weighted by Crippen LogP contribution is 2.26. The lowest BCUT2D eigenvalue weighted by Crippen LogP contribution is -2.47. The summed E-state index contributed by atoms with van der Waals surface area (Å²) in [5.74, 6) is 0.671. The average Bonchev–Trinajstić information content (AvgIpc) is 2.92. The maximum absolute atomic E-state index is 12.4. The number of anilines is 2. The minimum atomic E-state index is -0.0751. The lowest BCUT2D eigenvalue weighted by Gasteiger charge is -2.30. The van der Waals surface area contributed by atoms with Crippen molar-refractivity contribution in [2.45, 2.75) is 26.7 Å². The number of carbonyl (C=O) groups is 2. The van der Waals surface area contributed by atoms with E-state index in [1.54, 1.807) is 0 Å². The highest BCUT2D eigenvalue weighted by Gasteiger charge is 2.19. The quantitative estimate of drug-likeness (QED) is 0.865. The van der Waals surface area contributed by atoms with Gasteiger partial charge in [0.25, 0.3) is 0 Å². The maximum Gasteiger partial charge on any atom is 0.239 e. The zero-order valence-electron chi connectivity index (χ0n) is 14.5. The molecule has 7 heteroatoms. The highest BCUT2D eigenvalue weighted by molar-refractivity contribution is 5.95. The number of hydrogen-bond acceptors (Lipinski definition) is 5.